The minimum absolute atomic E-state index is 0.648. The van der Waals surface area contributed by atoms with Crippen molar-refractivity contribution in [3.05, 3.63) is 201 Å². The molecule has 5 heteroatoms. The topological polar surface area (TPSA) is 55.3 Å². The fraction of sp³-hybridized carbons (Fsp3) is 0. The van der Waals surface area contributed by atoms with Gasteiger partial charge in [0.05, 0.1) is 0 Å². The van der Waals surface area contributed by atoms with E-state index in [2.05, 4.69) is 179 Å². The molecule has 5 nitrogen and oxygen atoms in total. The predicted octanol–water partition coefficient (Wildman–Crippen LogP) is 14.4. The number of hydrogen-bond donors (Lipinski definition) is 0. The number of aromatic nitrogens is 2. The molecule has 11 aromatic rings. The number of pyridine rings is 2. The van der Waals surface area contributed by atoms with Crippen LogP contribution in [0, 0.1) is 0 Å². The van der Waals surface area contributed by atoms with Crippen LogP contribution >= 0.6 is 0 Å². The van der Waals surface area contributed by atoms with Crippen LogP contribution in [0.3, 0.4) is 0 Å². The van der Waals surface area contributed by atoms with Crippen LogP contribution in [0.25, 0.3) is 88.5 Å². The van der Waals surface area contributed by atoms with E-state index in [1.807, 2.05) is 24.4 Å². The first kappa shape index (κ1) is 32.7. The molecule has 0 fully saturated rings. The summed E-state index contributed by atoms with van der Waals surface area (Å²) < 4.78 is 12.7. The molecule has 0 aliphatic heterocycles. The Morgan fingerprint density at radius 2 is 0.930 bits per heavy atom. The van der Waals surface area contributed by atoms with E-state index in [0.717, 1.165) is 88.7 Å². The van der Waals surface area contributed by atoms with Crippen molar-refractivity contribution < 1.29 is 8.83 Å². The van der Waals surface area contributed by atoms with Gasteiger partial charge in [-0.1, -0.05) is 127 Å². The van der Waals surface area contributed by atoms with E-state index in [-0.39, 0.29) is 0 Å². The van der Waals surface area contributed by atoms with Gasteiger partial charge in [-0.15, -0.1) is 0 Å². The minimum Gasteiger partial charge on any atom is -0.455 e. The monoisotopic (exact) mass is 731 g/mol. The van der Waals surface area contributed by atoms with Crippen molar-refractivity contribution in [2.24, 2.45) is 0 Å². The molecule has 0 atom stereocenters. The highest BCUT2D eigenvalue weighted by atomic mass is 16.3. The Morgan fingerprint density at radius 3 is 1.63 bits per heavy atom. The summed E-state index contributed by atoms with van der Waals surface area (Å²) in [5, 5.41) is 4.15. The van der Waals surface area contributed by atoms with Gasteiger partial charge in [-0.05, 0) is 88.0 Å². The van der Waals surface area contributed by atoms with E-state index < -0.39 is 0 Å². The molecule has 0 aliphatic carbocycles. The van der Waals surface area contributed by atoms with Crippen molar-refractivity contribution >= 4 is 61.1 Å². The summed E-state index contributed by atoms with van der Waals surface area (Å²) in [6, 6.07) is 64.1. The summed E-state index contributed by atoms with van der Waals surface area (Å²) in [5.41, 5.74) is 15.2. The van der Waals surface area contributed by atoms with E-state index in [1.54, 1.807) is 12.4 Å². The molecular weight excluding hydrogens is 699 g/mol. The highest BCUT2D eigenvalue weighted by molar-refractivity contribution is 6.10. The van der Waals surface area contributed by atoms with Crippen LogP contribution in [-0.4, -0.2) is 9.97 Å². The Balaban J connectivity index is 0.999. The van der Waals surface area contributed by atoms with Crippen LogP contribution in [0.2, 0.25) is 0 Å². The van der Waals surface area contributed by atoms with Crippen molar-refractivity contribution in [1.82, 2.24) is 9.97 Å². The van der Waals surface area contributed by atoms with Crippen LogP contribution in [-0.2, 0) is 0 Å². The standard InChI is InChI=1S/C52H33N3O2/c1-2-8-34(9-3-1)35-17-19-36(20-18-35)39-10-4-11-42(32-39)55(40-25-21-37(22-26-40)43-12-6-15-46-48-33-53-31-29-49(48)56-50(43)46)41-27-23-38(24-28-41)44-13-5-14-45-47-16-7-30-54-52(47)57-51(44)45/h1-33H. The van der Waals surface area contributed by atoms with Crippen molar-refractivity contribution in [2.75, 3.05) is 4.90 Å². The predicted molar refractivity (Wildman–Crippen MR) is 233 cm³/mol. The summed E-state index contributed by atoms with van der Waals surface area (Å²) in [6.45, 7) is 0. The van der Waals surface area contributed by atoms with Gasteiger partial charge in [-0.25, -0.2) is 4.98 Å². The maximum Gasteiger partial charge on any atom is 0.227 e. The molecule has 4 aromatic heterocycles. The van der Waals surface area contributed by atoms with Crippen LogP contribution < -0.4 is 4.90 Å². The molecule has 57 heavy (non-hydrogen) atoms. The lowest BCUT2D eigenvalue weighted by Gasteiger charge is -2.26. The number of para-hydroxylation sites is 2. The fourth-order valence-electron chi connectivity index (χ4n) is 8.07. The molecule has 0 aliphatic rings. The van der Waals surface area contributed by atoms with Crippen molar-refractivity contribution in [1.29, 1.82) is 0 Å². The third-order valence-corrected chi connectivity index (χ3v) is 10.9. The second-order valence-electron chi connectivity index (χ2n) is 14.2. The Morgan fingerprint density at radius 1 is 0.368 bits per heavy atom. The average molecular weight is 732 g/mol. The van der Waals surface area contributed by atoms with Gasteiger partial charge in [-0.2, -0.15) is 0 Å². The summed E-state index contributed by atoms with van der Waals surface area (Å²) in [6.07, 6.45) is 5.41. The molecule has 0 N–H and O–H groups in total. The molecule has 0 spiro atoms. The number of benzene rings is 7. The zero-order valence-electron chi connectivity index (χ0n) is 30.7. The largest absolute Gasteiger partial charge is 0.455 e. The van der Waals surface area contributed by atoms with Crippen LogP contribution in [0.5, 0.6) is 0 Å². The number of nitrogens with zero attached hydrogens (tertiary/aromatic N) is 3. The van der Waals surface area contributed by atoms with E-state index >= 15 is 0 Å². The number of furan rings is 2. The first-order valence-corrected chi connectivity index (χ1v) is 19.0. The number of rotatable bonds is 7. The lowest BCUT2D eigenvalue weighted by molar-refractivity contribution is 0.655. The Bertz CT molecular complexity index is 3060. The molecular formula is C52H33N3O2. The molecule has 4 heterocycles. The smallest absolute Gasteiger partial charge is 0.227 e. The first-order valence-electron chi connectivity index (χ1n) is 19.0. The molecule has 0 saturated carbocycles. The van der Waals surface area contributed by atoms with Gasteiger partial charge in [-0.3, -0.25) is 4.98 Å². The lowest BCUT2D eigenvalue weighted by Crippen LogP contribution is -2.10. The summed E-state index contributed by atoms with van der Waals surface area (Å²) in [4.78, 5) is 11.1. The van der Waals surface area contributed by atoms with Gasteiger partial charge < -0.3 is 13.7 Å². The third-order valence-electron chi connectivity index (χ3n) is 10.9. The zero-order valence-corrected chi connectivity index (χ0v) is 30.7. The second kappa shape index (κ2) is 13.5. The van der Waals surface area contributed by atoms with Gasteiger partial charge in [0.15, 0.2) is 0 Å². The quantitative estimate of drug-likeness (QED) is 0.163. The number of anilines is 3. The van der Waals surface area contributed by atoms with Crippen molar-refractivity contribution in [3.8, 4) is 44.5 Å². The number of fused-ring (bicyclic) bond motifs is 6. The molecule has 0 unspecified atom stereocenters. The Kier molecular flexibility index (Phi) is 7.74. The van der Waals surface area contributed by atoms with E-state index in [9.17, 15) is 0 Å². The maximum absolute atomic E-state index is 6.37. The lowest BCUT2D eigenvalue weighted by atomic mass is 9.99. The molecule has 0 saturated heterocycles. The number of hydrogen-bond acceptors (Lipinski definition) is 5. The summed E-state index contributed by atoms with van der Waals surface area (Å²) in [7, 11) is 0. The van der Waals surface area contributed by atoms with Crippen molar-refractivity contribution in [3.63, 3.8) is 0 Å². The molecule has 7 aromatic carbocycles. The molecule has 0 radical (unpaired) electrons. The highest BCUT2D eigenvalue weighted by Crippen LogP contribution is 2.41. The zero-order chi connectivity index (χ0) is 37.7. The second-order valence-corrected chi connectivity index (χ2v) is 14.2. The average Bonchev–Trinajstić information content (AvgIpc) is 3.87. The van der Waals surface area contributed by atoms with Crippen LogP contribution in [0.15, 0.2) is 209 Å². The van der Waals surface area contributed by atoms with Gasteiger partial charge in [0.2, 0.25) is 5.71 Å². The first-order chi connectivity index (χ1) is 28.2. The maximum atomic E-state index is 6.37. The molecule has 268 valence electrons. The van der Waals surface area contributed by atoms with Gasteiger partial charge in [0.1, 0.15) is 16.7 Å². The molecule has 0 amide bonds. The Labute approximate surface area is 328 Å². The molecule has 11 rings (SSSR count). The highest BCUT2D eigenvalue weighted by Gasteiger charge is 2.18. The van der Waals surface area contributed by atoms with Crippen LogP contribution in [0.4, 0.5) is 17.1 Å². The van der Waals surface area contributed by atoms with E-state index in [4.69, 9.17) is 8.83 Å². The summed E-state index contributed by atoms with van der Waals surface area (Å²) >= 11 is 0. The van der Waals surface area contributed by atoms with Crippen molar-refractivity contribution in [2.45, 2.75) is 0 Å². The minimum atomic E-state index is 0.648. The van der Waals surface area contributed by atoms with Gasteiger partial charge >= 0.3 is 0 Å². The molecule has 0 bridgehead atoms. The third kappa shape index (κ3) is 5.72. The van der Waals surface area contributed by atoms with Crippen LogP contribution in [0.1, 0.15) is 0 Å². The normalized spacial score (nSPS) is 11.5. The fourth-order valence-corrected chi connectivity index (χ4v) is 8.07. The van der Waals surface area contributed by atoms with E-state index in [0.29, 0.717) is 5.71 Å². The van der Waals surface area contributed by atoms with E-state index in [1.165, 1.54) is 11.1 Å². The Hall–Kier alpha value is -7.76. The summed E-state index contributed by atoms with van der Waals surface area (Å²) in [5.74, 6) is 0. The van der Waals surface area contributed by atoms with Gasteiger partial charge in [0.25, 0.3) is 0 Å². The SMILES string of the molecule is c1ccc(-c2ccc(-c3cccc(N(c4ccc(-c5cccc6c5oc5ccncc56)cc4)c4ccc(-c5cccc6c5oc5ncccc56)cc4)c3)cc2)cc1. The van der Waals surface area contributed by atoms with Gasteiger partial charge in [0, 0.05) is 68.3 Å².